The quantitative estimate of drug-likeness (QED) is 0.793. The van der Waals surface area contributed by atoms with Crippen LogP contribution in [0.15, 0.2) is 30.3 Å². The molecule has 0 radical (unpaired) electrons. The molecule has 0 aliphatic heterocycles. The maximum Gasteiger partial charge on any atom is 0.235 e. The smallest absolute Gasteiger partial charge is 0.235 e. The van der Waals surface area contributed by atoms with Crippen LogP contribution in [0.3, 0.4) is 0 Å². The van der Waals surface area contributed by atoms with Crippen molar-refractivity contribution in [2.24, 2.45) is 5.73 Å². The van der Waals surface area contributed by atoms with Crippen LogP contribution < -0.4 is 5.73 Å². The standard InChI is InChI=1S/C13H15N5S/c1-2-6-10(14)12-17-18-11(15-16-13(18)19-12)9-7-4-3-5-8-9/h3-5,7-8,10H,2,6,14H2,1H3. The van der Waals surface area contributed by atoms with Gasteiger partial charge in [0.15, 0.2) is 5.82 Å². The average molecular weight is 273 g/mol. The predicted molar refractivity (Wildman–Crippen MR) is 75.9 cm³/mol. The van der Waals surface area contributed by atoms with Crippen LogP contribution in [-0.2, 0) is 0 Å². The minimum absolute atomic E-state index is 0.0136. The van der Waals surface area contributed by atoms with Crippen LogP contribution in [0.1, 0.15) is 30.8 Å². The molecule has 19 heavy (non-hydrogen) atoms. The summed E-state index contributed by atoms with van der Waals surface area (Å²) in [6.45, 7) is 2.12. The number of hydrogen-bond donors (Lipinski definition) is 1. The first-order chi connectivity index (χ1) is 9.29. The lowest BCUT2D eigenvalue weighted by molar-refractivity contribution is 0.624. The molecule has 2 aromatic heterocycles. The highest BCUT2D eigenvalue weighted by Gasteiger charge is 2.16. The second-order valence-electron chi connectivity index (χ2n) is 4.42. The minimum atomic E-state index is -0.0136. The summed E-state index contributed by atoms with van der Waals surface area (Å²) in [6, 6.07) is 9.92. The number of aromatic nitrogens is 4. The van der Waals surface area contributed by atoms with E-state index < -0.39 is 0 Å². The van der Waals surface area contributed by atoms with Crippen molar-refractivity contribution >= 4 is 16.3 Å². The average Bonchev–Trinajstić information content (AvgIpc) is 2.99. The SMILES string of the molecule is CCCC(N)c1nn2c(-c3ccccc3)nnc2s1. The summed E-state index contributed by atoms with van der Waals surface area (Å²) in [7, 11) is 0. The summed E-state index contributed by atoms with van der Waals surface area (Å²) < 4.78 is 1.78. The summed E-state index contributed by atoms with van der Waals surface area (Å²) >= 11 is 1.51. The molecular formula is C13H15N5S. The van der Waals surface area contributed by atoms with Crippen LogP contribution in [0.2, 0.25) is 0 Å². The summed E-state index contributed by atoms with van der Waals surface area (Å²) in [6.07, 6.45) is 1.98. The van der Waals surface area contributed by atoms with Gasteiger partial charge in [-0.1, -0.05) is 55.0 Å². The van der Waals surface area contributed by atoms with Crippen LogP contribution in [-0.4, -0.2) is 19.8 Å². The van der Waals surface area contributed by atoms with Crippen molar-refractivity contribution in [2.75, 3.05) is 0 Å². The van der Waals surface area contributed by atoms with Gasteiger partial charge in [0.25, 0.3) is 0 Å². The maximum absolute atomic E-state index is 6.10. The fourth-order valence-electron chi connectivity index (χ4n) is 1.98. The molecule has 3 aromatic rings. The molecule has 1 aromatic carbocycles. The van der Waals surface area contributed by atoms with Gasteiger partial charge in [0.05, 0.1) is 6.04 Å². The Morgan fingerprint density at radius 2 is 2.05 bits per heavy atom. The van der Waals surface area contributed by atoms with Crippen molar-refractivity contribution in [3.8, 4) is 11.4 Å². The van der Waals surface area contributed by atoms with E-state index in [1.807, 2.05) is 30.3 Å². The third-order valence-corrected chi connectivity index (χ3v) is 3.99. The number of nitrogens with zero attached hydrogens (tertiary/aromatic N) is 4. The van der Waals surface area contributed by atoms with Crippen LogP contribution in [0, 0.1) is 0 Å². The highest BCUT2D eigenvalue weighted by Crippen LogP contribution is 2.25. The molecular weight excluding hydrogens is 258 g/mol. The number of rotatable bonds is 4. The highest BCUT2D eigenvalue weighted by atomic mass is 32.1. The molecule has 2 heterocycles. The van der Waals surface area contributed by atoms with E-state index >= 15 is 0 Å². The zero-order valence-electron chi connectivity index (χ0n) is 10.7. The summed E-state index contributed by atoms with van der Waals surface area (Å²) in [5.74, 6) is 0.766. The molecule has 1 atom stereocenters. The lowest BCUT2D eigenvalue weighted by Crippen LogP contribution is -2.09. The largest absolute Gasteiger partial charge is 0.322 e. The first-order valence-electron chi connectivity index (χ1n) is 6.32. The molecule has 98 valence electrons. The molecule has 0 bridgehead atoms. The first kappa shape index (κ1) is 12.3. The second-order valence-corrected chi connectivity index (χ2v) is 5.41. The van der Waals surface area contributed by atoms with Crippen molar-refractivity contribution in [1.29, 1.82) is 0 Å². The number of benzene rings is 1. The van der Waals surface area contributed by atoms with E-state index in [2.05, 4.69) is 22.2 Å². The Labute approximate surface area is 115 Å². The lowest BCUT2D eigenvalue weighted by atomic mass is 10.2. The Hall–Kier alpha value is -1.79. The lowest BCUT2D eigenvalue weighted by Gasteiger charge is -2.04. The van der Waals surface area contributed by atoms with Crippen molar-refractivity contribution in [3.05, 3.63) is 35.3 Å². The summed E-state index contributed by atoms with van der Waals surface area (Å²) in [4.78, 5) is 0.792. The van der Waals surface area contributed by atoms with Gasteiger partial charge >= 0.3 is 0 Å². The molecule has 6 heteroatoms. The molecule has 0 aliphatic rings. The van der Waals surface area contributed by atoms with Gasteiger partial charge < -0.3 is 5.73 Å². The van der Waals surface area contributed by atoms with Gasteiger partial charge in [-0.2, -0.15) is 9.61 Å². The molecule has 0 saturated heterocycles. The monoisotopic (exact) mass is 273 g/mol. The Morgan fingerprint density at radius 1 is 1.26 bits per heavy atom. The molecule has 1 unspecified atom stereocenters. The van der Waals surface area contributed by atoms with Gasteiger partial charge in [0.2, 0.25) is 4.96 Å². The molecule has 0 fully saturated rings. The molecule has 2 N–H and O–H groups in total. The third kappa shape index (κ3) is 2.24. The van der Waals surface area contributed by atoms with Gasteiger partial charge in [0.1, 0.15) is 5.01 Å². The second kappa shape index (κ2) is 5.07. The van der Waals surface area contributed by atoms with Gasteiger partial charge in [-0.15, -0.1) is 10.2 Å². The molecule has 3 rings (SSSR count). The number of hydrogen-bond acceptors (Lipinski definition) is 5. The molecule has 0 spiro atoms. The zero-order valence-corrected chi connectivity index (χ0v) is 11.5. The Morgan fingerprint density at radius 3 is 2.79 bits per heavy atom. The van der Waals surface area contributed by atoms with Crippen LogP contribution in [0.5, 0.6) is 0 Å². The molecule has 0 amide bonds. The van der Waals surface area contributed by atoms with Crippen molar-refractivity contribution in [2.45, 2.75) is 25.8 Å². The topological polar surface area (TPSA) is 69.1 Å². The zero-order chi connectivity index (χ0) is 13.2. The number of fused-ring (bicyclic) bond motifs is 1. The van der Waals surface area contributed by atoms with E-state index in [4.69, 9.17) is 5.73 Å². The van der Waals surface area contributed by atoms with Gasteiger partial charge in [-0.25, -0.2) is 0 Å². The summed E-state index contributed by atoms with van der Waals surface area (Å²) in [5, 5.41) is 13.8. The molecule has 5 nitrogen and oxygen atoms in total. The van der Waals surface area contributed by atoms with Gasteiger partial charge in [-0.05, 0) is 6.42 Å². The fraction of sp³-hybridized carbons (Fsp3) is 0.308. The fourth-order valence-corrected chi connectivity index (χ4v) is 2.86. The minimum Gasteiger partial charge on any atom is -0.322 e. The normalized spacial score (nSPS) is 12.9. The Kier molecular flexibility index (Phi) is 3.27. The Bertz CT molecular complexity index is 673. The van der Waals surface area contributed by atoms with E-state index in [0.29, 0.717) is 0 Å². The number of nitrogens with two attached hydrogens (primary N) is 1. The molecule has 0 saturated carbocycles. The van der Waals surface area contributed by atoms with Crippen molar-refractivity contribution in [3.63, 3.8) is 0 Å². The van der Waals surface area contributed by atoms with E-state index in [1.165, 1.54) is 11.3 Å². The van der Waals surface area contributed by atoms with Crippen LogP contribution >= 0.6 is 11.3 Å². The first-order valence-corrected chi connectivity index (χ1v) is 7.14. The van der Waals surface area contributed by atoms with E-state index in [9.17, 15) is 0 Å². The van der Waals surface area contributed by atoms with Gasteiger partial charge in [-0.3, -0.25) is 0 Å². The van der Waals surface area contributed by atoms with E-state index in [-0.39, 0.29) is 6.04 Å². The van der Waals surface area contributed by atoms with E-state index in [1.54, 1.807) is 4.52 Å². The highest BCUT2D eigenvalue weighted by molar-refractivity contribution is 7.16. The van der Waals surface area contributed by atoms with Crippen LogP contribution in [0.4, 0.5) is 0 Å². The Balaban J connectivity index is 2.03. The predicted octanol–water partition coefficient (Wildman–Crippen LogP) is 2.65. The third-order valence-electron chi connectivity index (χ3n) is 2.96. The summed E-state index contributed by atoms with van der Waals surface area (Å²) in [5.41, 5.74) is 7.11. The van der Waals surface area contributed by atoms with Crippen molar-refractivity contribution in [1.82, 2.24) is 19.8 Å². The molecule has 0 aliphatic carbocycles. The van der Waals surface area contributed by atoms with Crippen LogP contribution in [0.25, 0.3) is 16.3 Å². The van der Waals surface area contributed by atoms with Gasteiger partial charge in [0, 0.05) is 5.56 Å². The van der Waals surface area contributed by atoms with Crippen molar-refractivity contribution < 1.29 is 0 Å². The van der Waals surface area contributed by atoms with E-state index in [0.717, 1.165) is 34.2 Å². The maximum atomic E-state index is 6.10.